The van der Waals surface area contributed by atoms with Crippen LogP contribution in [0, 0.1) is 13.8 Å². The zero-order valence-electron chi connectivity index (χ0n) is 22.2. The second-order valence-corrected chi connectivity index (χ2v) is 9.84. The van der Waals surface area contributed by atoms with Gasteiger partial charge in [0.25, 0.3) is 0 Å². The van der Waals surface area contributed by atoms with Gasteiger partial charge in [-0.15, -0.1) is 0 Å². The van der Waals surface area contributed by atoms with Gasteiger partial charge in [-0.2, -0.15) is 0 Å². The molecule has 0 N–H and O–H groups in total. The number of aromatic nitrogens is 5. The minimum Gasteiger partial charge on any atom is -0.361 e. The average Bonchev–Trinajstić information content (AvgIpc) is 3.52. The first kappa shape index (κ1) is 24.4. The summed E-state index contributed by atoms with van der Waals surface area (Å²) in [5.41, 5.74) is 7.93. The van der Waals surface area contributed by atoms with E-state index in [1.165, 1.54) is 0 Å². The number of fused-ring (bicyclic) bond motifs is 1. The molecule has 0 fully saturated rings. The maximum absolute atomic E-state index is 11.9. The van der Waals surface area contributed by atoms with E-state index in [0.29, 0.717) is 5.56 Å². The molecule has 1 aromatic carbocycles. The summed E-state index contributed by atoms with van der Waals surface area (Å²) in [6.45, 7) is 7.54. The second-order valence-electron chi connectivity index (χ2n) is 9.84. The van der Waals surface area contributed by atoms with Crippen molar-refractivity contribution in [3.63, 3.8) is 0 Å². The minimum atomic E-state index is -0.753. The lowest BCUT2D eigenvalue weighted by atomic mass is 9.91. The monoisotopic (exact) mass is 513 g/mol. The van der Waals surface area contributed by atoms with Gasteiger partial charge < -0.3 is 9.09 Å². The highest BCUT2D eigenvalue weighted by Gasteiger charge is 2.36. The summed E-state index contributed by atoms with van der Waals surface area (Å²) in [4.78, 5) is 26.5. The molecule has 7 nitrogen and oxygen atoms in total. The van der Waals surface area contributed by atoms with E-state index in [2.05, 4.69) is 28.9 Å². The van der Waals surface area contributed by atoms with Gasteiger partial charge in [-0.3, -0.25) is 19.7 Å². The van der Waals surface area contributed by atoms with Gasteiger partial charge in [0.2, 0.25) is 0 Å². The second kappa shape index (κ2) is 9.44. The van der Waals surface area contributed by atoms with Crippen LogP contribution in [0.3, 0.4) is 0 Å². The van der Waals surface area contributed by atoms with Crippen LogP contribution in [0.25, 0.3) is 33.3 Å². The molecule has 6 rings (SSSR count). The molecule has 0 amide bonds. The Hall–Kier alpha value is -4.91. The average molecular weight is 514 g/mol. The van der Waals surface area contributed by atoms with Crippen LogP contribution in [0.2, 0.25) is 0 Å². The Kier molecular flexibility index (Phi) is 5.91. The van der Waals surface area contributed by atoms with E-state index >= 15 is 0 Å². The quantitative estimate of drug-likeness (QED) is 0.228. The molecule has 192 valence electrons. The fraction of sp³-hybridized carbons (Fsp3) is 0.156. The zero-order valence-corrected chi connectivity index (χ0v) is 22.2. The van der Waals surface area contributed by atoms with Crippen molar-refractivity contribution in [2.24, 2.45) is 0 Å². The molecule has 0 spiro atoms. The topological polar surface area (TPSA) is 86.7 Å². The van der Waals surface area contributed by atoms with Crippen molar-refractivity contribution in [3.05, 3.63) is 120 Å². The Labute approximate surface area is 226 Å². The summed E-state index contributed by atoms with van der Waals surface area (Å²) >= 11 is 0. The van der Waals surface area contributed by atoms with Crippen LogP contribution >= 0.6 is 0 Å². The number of ketones is 1. The molecule has 5 heterocycles. The number of hydrogen-bond donors (Lipinski definition) is 0. The predicted octanol–water partition coefficient (Wildman–Crippen LogP) is 6.78. The summed E-state index contributed by atoms with van der Waals surface area (Å²) < 4.78 is 7.68. The Morgan fingerprint density at radius 3 is 2.08 bits per heavy atom. The molecule has 7 heteroatoms. The normalized spacial score (nSPS) is 11.7. The van der Waals surface area contributed by atoms with E-state index in [0.717, 1.165) is 56.1 Å². The first-order valence-corrected chi connectivity index (χ1v) is 12.8. The third-order valence-electron chi connectivity index (χ3n) is 7.37. The first-order chi connectivity index (χ1) is 18.9. The van der Waals surface area contributed by atoms with Crippen LogP contribution in [0.5, 0.6) is 0 Å². The van der Waals surface area contributed by atoms with Crippen LogP contribution in [-0.2, 0) is 5.54 Å². The molecule has 0 aliphatic heterocycles. The third kappa shape index (κ3) is 4.03. The number of nitrogens with zero attached hydrogens (tertiary/aromatic N) is 5. The van der Waals surface area contributed by atoms with Gasteiger partial charge in [0.1, 0.15) is 11.3 Å². The van der Waals surface area contributed by atoms with Crippen LogP contribution in [0.1, 0.15) is 47.0 Å². The number of benzene rings is 1. The maximum atomic E-state index is 11.9. The highest BCUT2D eigenvalue weighted by molar-refractivity contribution is 5.97. The Morgan fingerprint density at radius 2 is 1.54 bits per heavy atom. The summed E-state index contributed by atoms with van der Waals surface area (Å²) in [6.07, 6.45) is 7.58. The molecule has 0 aliphatic rings. The van der Waals surface area contributed by atoms with E-state index in [-0.39, 0.29) is 5.78 Å². The smallest absolute Gasteiger partial charge is 0.159 e. The largest absolute Gasteiger partial charge is 0.361 e. The van der Waals surface area contributed by atoms with Crippen molar-refractivity contribution < 1.29 is 9.32 Å². The van der Waals surface area contributed by atoms with Crippen LogP contribution < -0.4 is 0 Å². The fourth-order valence-corrected chi connectivity index (χ4v) is 5.28. The molecule has 6 aromatic rings. The SMILES string of the molecule is CC(=O)c1ccc(-c2cn(C(C)(c3ccccn3)c3ccccn3)c3cc(-c4c(C)noc4C)cnc23)cc1. The van der Waals surface area contributed by atoms with Crippen LogP contribution in [-0.4, -0.2) is 30.5 Å². The highest BCUT2D eigenvalue weighted by Crippen LogP contribution is 2.40. The molecular formula is C32H27N5O2. The summed E-state index contributed by atoms with van der Waals surface area (Å²) in [7, 11) is 0. The molecule has 5 aromatic heterocycles. The summed E-state index contributed by atoms with van der Waals surface area (Å²) in [5, 5.41) is 4.16. The molecule has 0 radical (unpaired) electrons. The van der Waals surface area contributed by atoms with Gasteiger partial charge >= 0.3 is 0 Å². The lowest BCUT2D eigenvalue weighted by Gasteiger charge is -2.31. The number of rotatable bonds is 6. The number of Topliss-reactive ketones (excluding diaryl/α,β-unsaturated/α-hetero) is 1. The molecule has 0 aliphatic carbocycles. The van der Waals surface area contributed by atoms with E-state index in [1.54, 1.807) is 19.3 Å². The van der Waals surface area contributed by atoms with Gasteiger partial charge in [-0.05, 0) is 63.6 Å². The molecule has 0 unspecified atom stereocenters. The molecule has 0 saturated heterocycles. The van der Waals surface area contributed by atoms with E-state index in [9.17, 15) is 4.79 Å². The fourth-order valence-electron chi connectivity index (χ4n) is 5.28. The van der Waals surface area contributed by atoms with Gasteiger partial charge in [0.15, 0.2) is 5.78 Å². The van der Waals surface area contributed by atoms with E-state index in [1.807, 2.05) is 80.7 Å². The number of pyridine rings is 3. The zero-order chi connectivity index (χ0) is 27.1. The van der Waals surface area contributed by atoms with Crippen molar-refractivity contribution in [3.8, 4) is 22.3 Å². The van der Waals surface area contributed by atoms with Crippen molar-refractivity contribution >= 4 is 16.8 Å². The maximum Gasteiger partial charge on any atom is 0.159 e. The number of carbonyl (C=O) groups excluding carboxylic acids is 1. The summed E-state index contributed by atoms with van der Waals surface area (Å²) in [5.74, 6) is 0.771. The van der Waals surface area contributed by atoms with Gasteiger partial charge in [-0.25, -0.2) is 0 Å². The van der Waals surface area contributed by atoms with Crippen LogP contribution in [0.4, 0.5) is 0 Å². The number of carbonyl (C=O) groups is 1. The van der Waals surface area contributed by atoms with Crippen LogP contribution in [0.15, 0.2) is 96.0 Å². The van der Waals surface area contributed by atoms with Gasteiger partial charge in [0.05, 0.1) is 28.1 Å². The third-order valence-corrected chi connectivity index (χ3v) is 7.37. The van der Waals surface area contributed by atoms with Gasteiger partial charge in [-0.1, -0.05) is 41.6 Å². The number of aryl methyl sites for hydroxylation is 2. The lowest BCUT2D eigenvalue weighted by molar-refractivity contribution is 0.101. The predicted molar refractivity (Wildman–Crippen MR) is 150 cm³/mol. The lowest BCUT2D eigenvalue weighted by Crippen LogP contribution is -2.34. The number of hydrogen-bond acceptors (Lipinski definition) is 6. The molecule has 39 heavy (non-hydrogen) atoms. The van der Waals surface area contributed by atoms with Crippen molar-refractivity contribution in [1.29, 1.82) is 0 Å². The van der Waals surface area contributed by atoms with Crippen molar-refractivity contribution in [2.75, 3.05) is 0 Å². The Morgan fingerprint density at radius 1 is 0.872 bits per heavy atom. The minimum absolute atomic E-state index is 0.0316. The molecule has 0 saturated carbocycles. The van der Waals surface area contributed by atoms with Crippen molar-refractivity contribution in [1.82, 2.24) is 24.7 Å². The van der Waals surface area contributed by atoms with Gasteiger partial charge in [0, 0.05) is 47.0 Å². The van der Waals surface area contributed by atoms with Crippen molar-refractivity contribution in [2.45, 2.75) is 33.2 Å². The highest BCUT2D eigenvalue weighted by atomic mass is 16.5. The Bertz CT molecular complexity index is 1740. The standard InChI is InChI=1S/C32H27N5O2/c1-20-30(22(3)39-36-20)25-17-27-31(35-18-25)26(24-13-11-23(12-14-24)21(2)38)19-37(27)32(4,28-9-5-7-15-33-28)29-10-6-8-16-34-29/h5-19H,1-4H3. The first-order valence-electron chi connectivity index (χ1n) is 12.8. The molecular weight excluding hydrogens is 486 g/mol. The molecule has 0 bridgehead atoms. The molecule has 0 atom stereocenters. The van der Waals surface area contributed by atoms with E-state index < -0.39 is 5.54 Å². The summed E-state index contributed by atoms with van der Waals surface area (Å²) in [6, 6.07) is 21.6. The van der Waals surface area contributed by atoms with E-state index in [4.69, 9.17) is 19.5 Å². The Balaban J connectivity index is 1.68.